The number of alkyl carbamates (subject to hydrolysis) is 1. The molecule has 0 aliphatic carbocycles. The van der Waals surface area contributed by atoms with Crippen molar-refractivity contribution in [2.75, 3.05) is 12.4 Å². The van der Waals surface area contributed by atoms with Crippen molar-refractivity contribution >= 4 is 45.8 Å². The average molecular weight is 436 g/mol. The maximum atomic E-state index is 11.9. The van der Waals surface area contributed by atoms with Gasteiger partial charge >= 0.3 is 6.09 Å². The van der Waals surface area contributed by atoms with E-state index in [2.05, 4.69) is 37.2 Å². The minimum Gasteiger partial charge on any atom is -0.450 e. The molecule has 31 heavy (non-hydrogen) atoms. The highest BCUT2D eigenvalue weighted by molar-refractivity contribution is 7.99. The lowest BCUT2D eigenvalue weighted by atomic mass is 10.1. The van der Waals surface area contributed by atoms with Crippen LogP contribution in [0.15, 0.2) is 59.8 Å². The molecule has 0 saturated carbocycles. The number of aromatic nitrogens is 4. The highest BCUT2D eigenvalue weighted by atomic mass is 32.2. The van der Waals surface area contributed by atoms with Gasteiger partial charge in [-0.15, -0.1) is 10.2 Å². The number of hydrogen-bond acceptors (Lipinski definition) is 7. The molecule has 0 aliphatic heterocycles. The van der Waals surface area contributed by atoms with Crippen molar-refractivity contribution in [2.45, 2.75) is 25.0 Å². The maximum absolute atomic E-state index is 11.9. The second-order valence-corrected chi connectivity index (χ2v) is 7.67. The zero-order valence-corrected chi connectivity index (χ0v) is 17.8. The first-order valence-corrected chi connectivity index (χ1v) is 10.9. The van der Waals surface area contributed by atoms with E-state index in [1.807, 2.05) is 42.5 Å². The lowest BCUT2D eigenvalue weighted by molar-refractivity contribution is -0.117. The van der Waals surface area contributed by atoms with E-state index in [0.29, 0.717) is 5.16 Å². The molecule has 0 atom stereocenters. The first-order valence-electron chi connectivity index (χ1n) is 9.90. The van der Waals surface area contributed by atoms with Gasteiger partial charge in [0.05, 0.1) is 17.9 Å². The van der Waals surface area contributed by atoms with Gasteiger partial charge in [-0.25, -0.2) is 9.78 Å². The third-order valence-corrected chi connectivity index (χ3v) is 5.51. The van der Waals surface area contributed by atoms with Crippen molar-refractivity contribution in [3.8, 4) is 0 Å². The van der Waals surface area contributed by atoms with Crippen LogP contribution in [0.1, 0.15) is 12.5 Å². The van der Waals surface area contributed by atoms with Crippen LogP contribution >= 0.6 is 11.8 Å². The smallest absolute Gasteiger partial charge is 0.413 e. The number of imide groups is 1. The molecule has 8 nitrogen and oxygen atoms in total. The van der Waals surface area contributed by atoms with Crippen LogP contribution in [0.5, 0.6) is 0 Å². The molecule has 4 rings (SSSR count). The van der Waals surface area contributed by atoms with Gasteiger partial charge in [-0.2, -0.15) is 0 Å². The summed E-state index contributed by atoms with van der Waals surface area (Å²) in [6.45, 7) is 2.61. The molecule has 0 aliphatic rings. The lowest BCUT2D eigenvalue weighted by Crippen LogP contribution is -2.32. The second-order valence-electron chi connectivity index (χ2n) is 6.73. The topological polar surface area (TPSA) is 99.0 Å². The predicted molar refractivity (Wildman–Crippen MR) is 119 cm³/mol. The number of nitrogens with zero attached hydrogens (tertiary/aromatic N) is 4. The van der Waals surface area contributed by atoms with Gasteiger partial charge in [-0.05, 0) is 25.0 Å². The van der Waals surface area contributed by atoms with Crippen LogP contribution in [0.4, 0.5) is 4.79 Å². The Balaban J connectivity index is 1.58. The van der Waals surface area contributed by atoms with Crippen molar-refractivity contribution < 1.29 is 14.3 Å². The summed E-state index contributed by atoms with van der Waals surface area (Å²) in [5, 5.41) is 12.1. The van der Waals surface area contributed by atoms with Gasteiger partial charge in [-0.1, -0.05) is 60.3 Å². The van der Waals surface area contributed by atoms with E-state index in [1.165, 1.54) is 5.56 Å². The van der Waals surface area contributed by atoms with Crippen molar-refractivity contribution in [3.63, 3.8) is 0 Å². The fraction of sp³-hybridized carbons (Fsp3) is 0.227. The molecule has 0 unspecified atom stereocenters. The number of benzene rings is 2. The van der Waals surface area contributed by atoms with Crippen LogP contribution in [-0.4, -0.2) is 44.1 Å². The number of aryl methyl sites for hydroxylation is 2. The fourth-order valence-electron chi connectivity index (χ4n) is 3.31. The molecule has 158 valence electrons. The number of rotatable bonds is 7. The molecular formula is C22H21N5O3S. The van der Waals surface area contributed by atoms with Gasteiger partial charge in [0.15, 0.2) is 5.65 Å². The molecule has 0 bridgehead atoms. The summed E-state index contributed by atoms with van der Waals surface area (Å²) in [6, 6.07) is 18.3. The largest absolute Gasteiger partial charge is 0.450 e. The maximum Gasteiger partial charge on any atom is 0.413 e. The lowest BCUT2D eigenvalue weighted by Gasteiger charge is -2.07. The van der Waals surface area contributed by atoms with Crippen LogP contribution in [0.3, 0.4) is 0 Å². The SMILES string of the molecule is CCOC(=O)NC(=O)CSc1nnc2c3ccccc3n(CCc3ccccc3)c2n1. The number of ether oxygens (including phenoxy) is 1. The first kappa shape index (κ1) is 20.8. The van der Waals surface area contributed by atoms with Crippen molar-refractivity contribution in [1.29, 1.82) is 0 Å². The fourth-order valence-corrected chi connectivity index (χ4v) is 3.89. The van der Waals surface area contributed by atoms with Gasteiger partial charge < -0.3 is 9.30 Å². The van der Waals surface area contributed by atoms with Gasteiger partial charge in [0.1, 0.15) is 5.52 Å². The van der Waals surface area contributed by atoms with E-state index in [-0.39, 0.29) is 12.4 Å². The van der Waals surface area contributed by atoms with Gasteiger partial charge in [0.25, 0.3) is 0 Å². The summed E-state index contributed by atoms with van der Waals surface area (Å²) in [5.74, 6) is -0.493. The first-order chi connectivity index (χ1) is 15.2. The summed E-state index contributed by atoms with van der Waals surface area (Å²) in [5.41, 5.74) is 3.72. The number of carbonyl (C=O) groups excluding carboxylic acids is 2. The zero-order chi connectivity index (χ0) is 21.6. The van der Waals surface area contributed by atoms with Crippen LogP contribution in [0.2, 0.25) is 0 Å². The zero-order valence-electron chi connectivity index (χ0n) is 16.9. The van der Waals surface area contributed by atoms with Crippen molar-refractivity contribution in [3.05, 3.63) is 60.2 Å². The predicted octanol–water partition coefficient (Wildman–Crippen LogP) is 3.59. The van der Waals surface area contributed by atoms with E-state index in [9.17, 15) is 9.59 Å². The highest BCUT2D eigenvalue weighted by Crippen LogP contribution is 2.27. The standard InChI is InChI=1S/C22H21N5O3S/c1-2-30-22(29)23-18(28)14-31-21-24-20-19(25-26-21)16-10-6-7-11-17(16)27(20)13-12-15-8-4-3-5-9-15/h3-11H,2,12-14H2,1H3,(H,23,28,29). The molecule has 2 aromatic carbocycles. The summed E-state index contributed by atoms with van der Waals surface area (Å²) < 4.78 is 6.84. The Morgan fingerprint density at radius 3 is 2.65 bits per heavy atom. The molecule has 0 spiro atoms. The minimum absolute atomic E-state index is 0.0176. The number of hydrogen-bond donors (Lipinski definition) is 1. The molecule has 2 aromatic heterocycles. The Morgan fingerprint density at radius 2 is 1.84 bits per heavy atom. The third-order valence-electron chi connectivity index (χ3n) is 4.67. The summed E-state index contributed by atoms with van der Waals surface area (Å²) in [6.07, 6.45) is 0.0897. The Morgan fingerprint density at radius 1 is 1.06 bits per heavy atom. The molecule has 2 heterocycles. The van der Waals surface area contributed by atoms with Gasteiger partial charge in [0, 0.05) is 11.9 Å². The molecule has 0 saturated heterocycles. The molecular weight excluding hydrogens is 414 g/mol. The molecule has 4 aromatic rings. The second kappa shape index (κ2) is 9.57. The van der Waals surface area contributed by atoms with E-state index >= 15 is 0 Å². The number of amides is 2. The Bertz CT molecular complexity index is 1230. The third kappa shape index (κ3) is 4.83. The molecule has 9 heteroatoms. The van der Waals surface area contributed by atoms with Crippen molar-refractivity contribution in [2.24, 2.45) is 0 Å². The van der Waals surface area contributed by atoms with Gasteiger partial charge in [0.2, 0.25) is 11.1 Å². The molecule has 1 N–H and O–H groups in total. The van der Waals surface area contributed by atoms with E-state index in [0.717, 1.165) is 46.8 Å². The van der Waals surface area contributed by atoms with Crippen LogP contribution in [0.25, 0.3) is 22.1 Å². The van der Waals surface area contributed by atoms with Gasteiger partial charge in [-0.3, -0.25) is 10.1 Å². The summed E-state index contributed by atoms with van der Waals surface area (Å²) >= 11 is 1.12. The Labute approximate surface area is 183 Å². The summed E-state index contributed by atoms with van der Waals surface area (Å²) in [4.78, 5) is 27.9. The summed E-state index contributed by atoms with van der Waals surface area (Å²) in [7, 11) is 0. The van der Waals surface area contributed by atoms with Crippen LogP contribution in [-0.2, 0) is 22.5 Å². The van der Waals surface area contributed by atoms with Crippen LogP contribution < -0.4 is 5.32 Å². The number of thioether (sulfide) groups is 1. The number of nitrogens with one attached hydrogen (secondary N) is 1. The van der Waals surface area contributed by atoms with Crippen molar-refractivity contribution in [1.82, 2.24) is 25.1 Å². The highest BCUT2D eigenvalue weighted by Gasteiger charge is 2.16. The number of carbonyl (C=O) groups is 2. The normalized spacial score (nSPS) is 11.0. The van der Waals surface area contributed by atoms with E-state index < -0.39 is 12.0 Å². The molecule has 0 fully saturated rings. The minimum atomic E-state index is -0.761. The number of fused-ring (bicyclic) bond motifs is 3. The Hall–Kier alpha value is -3.46. The average Bonchev–Trinajstić information content (AvgIpc) is 3.10. The number of para-hydroxylation sites is 1. The quantitative estimate of drug-likeness (QED) is 0.443. The van der Waals surface area contributed by atoms with E-state index in [1.54, 1.807) is 6.92 Å². The molecule has 0 radical (unpaired) electrons. The molecule has 2 amide bonds. The van der Waals surface area contributed by atoms with E-state index in [4.69, 9.17) is 4.74 Å². The Kier molecular flexibility index (Phi) is 6.42. The van der Waals surface area contributed by atoms with Crippen LogP contribution in [0, 0.1) is 0 Å². The monoisotopic (exact) mass is 435 g/mol.